The second kappa shape index (κ2) is 10.6. The van der Waals surface area contributed by atoms with Crippen molar-refractivity contribution < 1.29 is 19.1 Å². The molecule has 1 fully saturated rings. The summed E-state index contributed by atoms with van der Waals surface area (Å²) in [5, 5.41) is 7.70. The highest BCUT2D eigenvalue weighted by atomic mass is 16.6. The fraction of sp³-hybridized carbons (Fsp3) is 0.367. The lowest BCUT2D eigenvalue weighted by molar-refractivity contribution is -0.139. The van der Waals surface area contributed by atoms with Gasteiger partial charge < -0.3 is 20.3 Å². The van der Waals surface area contributed by atoms with Gasteiger partial charge in [0.15, 0.2) is 0 Å². The molecule has 3 aromatic carbocycles. The topological polar surface area (TPSA) is 87.7 Å². The number of hydrogen-bond donors (Lipinski definition) is 2. The molecule has 1 aliphatic carbocycles. The van der Waals surface area contributed by atoms with Crippen molar-refractivity contribution in [1.82, 2.24) is 10.2 Å². The van der Waals surface area contributed by atoms with Crippen molar-refractivity contribution in [3.05, 3.63) is 77.4 Å². The number of anilines is 1. The highest BCUT2D eigenvalue weighted by molar-refractivity contribution is 6.00. The quantitative estimate of drug-likeness (QED) is 0.438. The molecular formula is C30H35N3O4. The van der Waals surface area contributed by atoms with Gasteiger partial charge in [-0.2, -0.15) is 0 Å². The van der Waals surface area contributed by atoms with E-state index in [0.29, 0.717) is 5.69 Å². The molecule has 3 amide bonds. The summed E-state index contributed by atoms with van der Waals surface area (Å²) in [6, 6.07) is 18.6. The summed E-state index contributed by atoms with van der Waals surface area (Å²) in [5.74, 6) is -0.616. The number of nitrogens with one attached hydrogen (secondary N) is 2. The molecular weight excluding hydrogens is 466 g/mol. The molecule has 37 heavy (non-hydrogen) atoms. The summed E-state index contributed by atoms with van der Waals surface area (Å²) in [5.41, 5.74) is 2.75. The molecule has 0 aliphatic heterocycles. The number of carbonyl (C=O) groups excluding carboxylic acids is 3. The third-order valence-electron chi connectivity index (χ3n) is 6.50. The monoisotopic (exact) mass is 501 g/mol. The lowest BCUT2D eigenvalue weighted by Gasteiger charge is -2.33. The Kier molecular flexibility index (Phi) is 7.52. The summed E-state index contributed by atoms with van der Waals surface area (Å²) < 4.78 is 5.29. The number of ether oxygens (including phenoxy) is 1. The molecule has 0 saturated heterocycles. The molecule has 0 heterocycles. The maximum Gasteiger partial charge on any atom is 0.408 e. The Labute approximate surface area is 218 Å². The van der Waals surface area contributed by atoms with Crippen molar-refractivity contribution >= 4 is 34.4 Å². The molecule has 0 bridgehead atoms. The smallest absolute Gasteiger partial charge is 0.408 e. The number of nitrogens with zero attached hydrogens (tertiary/aromatic N) is 1. The van der Waals surface area contributed by atoms with Crippen LogP contribution in [0.5, 0.6) is 0 Å². The van der Waals surface area contributed by atoms with Crippen molar-refractivity contribution in [3.8, 4) is 0 Å². The van der Waals surface area contributed by atoms with Crippen LogP contribution in [-0.4, -0.2) is 41.0 Å². The standard InChI is InChI=1S/C30H35N3O4/c1-19-9-8-12-25(20(19)2)27(28(35)32-23-14-13-21-10-6-7-11-22(21)17-23)33(24-15-16-24)26(34)18-31-29(36)37-30(3,4)5/h6-14,17,24,27H,15-16,18H2,1-5H3,(H,31,36)(H,32,35). The van der Waals surface area contributed by atoms with E-state index in [-0.39, 0.29) is 24.4 Å². The average Bonchev–Trinajstić information content (AvgIpc) is 3.67. The summed E-state index contributed by atoms with van der Waals surface area (Å²) in [6.07, 6.45) is 0.950. The van der Waals surface area contributed by atoms with Crippen LogP contribution in [0, 0.1) is 13.8 Å². The van der Waals surface area contributed by atoms with Crippen LogP contribution in [0.4, 0.5) is 10.5 Å². The van der Waals surface area contributed by atoms with Gasteiger partial charge in [0.05, 0.1) is 0 Å². The Bertz CT molecular complexity index is 1320. The molecule has 4 rings (SSSR count). The Balaban J connectivity index is 1.64. The normalized spacial score (nSPS) is 14.1. The van der Waals surface area contributed by atoms with Gasteiger partial charge in [-0.05, 0) is 87.1 Å². The van der Waals surface area contributed by atoms with Crippen LogP contribution in [0.1, 0.15) is 56.3 Å². The van der Waals surface area contributed by atoms with Gasteiger partial charge in [0, 0.05) is 11.7 Å². The van der Waals surface area contributed by atoms with Gasteiger partial charge in [-0.15, -0.1) is 0 Å². The second-order valence-corrected chi connectivity index (χ2v) is 10.6. The maximum absolute atomic E-state index is 13.9. The largest absolute Gasteiger partial charge is 0.444 e. The Morgan fingerprint density at radius 2 is 1.68 bits per heavy atom. The van der Waals surface area contributed by atoms with Crippen LogP contribution >= 0.6 is 0 Å². The van der Waals surface area contributed by atoms with Gasteiger partial charge in [-0.1, -0.05) is 48.5 Å². The van der Waals surface area contributed by atoms with E-state index in [1.165, 1.54) is 0 Å². The molecule has 1 atom stereocenters. The first kappa shape index (κ1) is 26.2. The van der Waals surface area contributed by atoms with Gasteiger partial charge in [0.25, 0.3) is 5.91 Å². The van der Waals surface area contributed by atoms with Crippen LogP contribution in [0.3, 0.4) is 0 Å². The van der Waals surface area contributed by atoms with E-state index in [0.717, 1.165) is 40.3 Å². The third kappa shape index (κ3) is 6.47. The van der Waals surface area contributed by atoms with E-state index in [1.54, 1.807) is 25.7 Å². The van der Waals surface area contributed by atoms with Gasteiger partial charge >= 0.3 is 6.09 Å². The average molecular weight is 502 g/mol. The number of rotatable bonds is 7. The molecule has 194 valence electrons. The zero-order chi connectivity index (χ0) is 26.7. The van der Waals surface area contributed by atoms with E-state index in [1.807, 2.05) is 74.5 Å². The Hall–Kier alpha value is -3.87. The van der Waals surface area contributed by atoms with Crippen LogP contribution < -0.4 is 10.6 Å². The molecule has 0 radical (unpaired) electrons. The van der Waals surface area contributed by atoms with E-state index >= 15 is 0 Å². The molecule has 2 N–H and O–H groups in total. The van der Waals surface area contributed by atoms with Crippen LogP contribution in [-0.2, 0) is 14.3 Å². The molecule has 1 saturated carbocycles. The SMILES string of the molecule is Cc1cccc(C(C(=O)Nc2ccc3ccccc3c2)N(C(=O)CNC(=O)OC(C)(C)C)C2CC2)c1C. The van der Waals surface area contributed by atoms with Crippen LogP contribution in [0.2, 0.25) is 0 Å². The Morgan fingerprint density at radius 3 is 2.35 bits per heavy atom. The summed E-state index contributed by atoms with van der Waals surface area (Å²) in [7, 11) is 0. The van der Waals surface area contributed by atoms with Crippen LogP contribution in [0.15, 0.2) is 60.7 Å². The van der Waals surface area contributed by atoms with Crippen LogP contribution in [0.25, 0.3) is 10.8 Å². The van der Waals surface area contributed by atoms with Crippen molar-refractivity contribution in [2.45, 2.75) is 65.1 Å². The molecule has 1 aliphatic rings. The predicted octanol–water partition coefficient (Wildman–Crippen LogP) is 5.65. The fourth-order valence-corrected chi connectivity index (χ4v) is 4.43. The van der Waals surface area contributed by atoms with Gasteiger partial charge in [-0.25, -0.2) is 4.79 Å². The highest BCUT2D eigenvalue weighted by Gasteiger charge is 2.42. The zero-order valence-electron chi connectivity index (χ0n) is 22.1. The molecule has 0 spiro atoms. The molecule has 7 heteroatoms. The lowest BCUT2D eigenvalue weighted by atomic mass is 9.95. The van der Waals surface area contributed by atoms with E-state index in [2.05, 4.69) is 10.6 Å². The minimum Gasteiger partial charge on any atom is -0.444 e. The van der Waals surface area contributed by atoms with Crippen molar-refractivity contribution in [2.24, 2.45) is 0 Å². The van der Waals surface area contributed by atoms with Gasteiger partial charge in [0.1, 0.15) is 18.2 Å². The maximum atomic E-state index is 13.9. The first-order chi connectivity index (χ1) is 17.5. The van der Waals surface area contributed by atoms with Gasteiger partial charge in [0.2, 0.25) is 5.91 Å². The zero-order valence-corrected chi connectivity index (χ0v) is 22.1. The predicted molar refractivity (Wildman–Crippen MR) is 145 cm³/mol. The first-order valence-electron chi connectivity index (χ1n) is 12.7. The van der Waals surface area contributed by atoms with E-state index in [9.17, 15) is 14.4 Å². The van der Waals surface area contributed by atoms with Crippen molar-refractivity contribution in [3.63, 3.8) is 0 Å². The van der Waals surface area contributed by atoms with Crippen molar-refractivity contribution in [1.29, 1.82) is 0 Å². The number of aryl methyl sites for hydroxylation is 1. The molecule has 3 aromatic rings. The number of fused-ring (bicyclic) bond motifs is 1. The number of benzene rings is 3. The Morgan fingerprint density at radius 1 is 0.973 bits per heavy atom. The number of amides is 3. The lowest BCUT2D eigenvalue weighted by Crippen LogP contribution is -2.47. The summed E-state index contributed by atoms with van der Waals surface area (Å²) in [4.78, 5) is 41.3. The first-order valence-corrected chi connectivity index (χ1v) is 12.7. The number of alkyl carbamates (subject to hydrolysis) is 1. The summed E-state index contributed by atoms with van der Waals surface area (Å²) >= 11 is 0. The highest BCUT2D eigenvalue weighted by Crippen LogP contribution is 2.37. The molecule has 0 aromatic heterocycles. The second-order valence-electron chi connectivity index (χ2n) is 10.6. The summed E-state index contributed by atoms with van der Waals surface area (Å²) in [6.45, 7) is 8.99. The van der Waals surface area contributed by atoms with E-state index < -0.39 is 17.7 Å². The van der Waals surface area contributed by atoms with Gasteiger partial charge in [-0.3, -0.25) is 9.59 Å². The number of hydrogen-bond acceptors (Lipinski definition) is 4. The fourth-order valence-electron chi connectivity index (χ4n) is 4.43. The van der Waals surface area contributed by atoms with E-state index in [4.69, 9.17) is 4.74 Å². The van der Waals surface area contributed by atoms with Crippen molar-refractivity contribution in [2.75, 3.05) is 11.9 Å². The molecule has 1 unspecified atom stereocenters. The number of carbonyl (C=O) groups is 3. The molecule has 7 nitrogen and oxygen atoms in total. The third-order valence-corrected chi connectivity index (χ3v) is 6.50. The minimum atomic E-state index is -0.841. The minimum absolute atomic E-state index is 0.0693.